The monoisotopic (exact) mass is 748 g/mol. The Morgan fingerprint density at radius 1 is 0.271 bits per heavy atom. The second-order valence-electron chi connectivity index (χ2n) is 15.7. The molecule has 0 unspecified atom stereocenters. The average Bonchev–Trinajstić information content (AvgIpc) is 3.68. The number of benzene rings is 10. The third-order valence-corrected chi connectivity index (χ3v) is 12.3. The SMILES string of the molecule is c1ccc(-c2nc(-c3cccc(-c4ccc5c(c4)oc4ccccc45)c3)cc(-c3cc4ccc5cccc6c7cccc8ccc9cccc(c(c3)c4c56)c9c87)n2)cc1. The summed E-state index contributed by atoms with van der Waals surface area (Å²) in [5.41, 5.74) is 8.76. The fourth-order valence-corrected chi connectivity index (χ4v) is 9.65. The van der Waals surface area contributed by atoms with Crippen molar-refractivity contribution in [2.45, 2.75) is 0 Å². The fourth-order valence-electron chi connectivity index (χ4n) is 9.65. The minimum atomic E-state index is 0.691. The molecule has 2 aromatic heterocycles. The van der Waals surface area contributed by atoms with Gasteiger partial charge < -0.3 is 4.42 Å². The van der Waals surface area contributed by atoms with Gasteiger partial charge in [-0.1, -0.05) is 152 Å². The van der Waals surface area contributed by atoms with Crippen LogP contribution in [0.25, 0.3) is 132 Å². The van der Waals surface area contributed by atoms with Gasteiger partial charge in [-0.2, -0.15) is 0 Å². The van der Waals surface area contributed by atoms with E-state index in [4.69, 9.17) is 14.4 Å². The standard InChI is InChI=1S/C56H32N2O/c1-2-10-36(11-3-1)56-57-48(39-16-6-15-37(28-39)38-26-27-43-42-17-4-5-21-50(42)59-51(43)31-38)32-49(58-56)41-29-40-25-24-35-13-8-19-45-44-18-7-12-33-22-23-34-14-9-20-46(54(34)52(33)44)47(30-41)55(40)53(35)45/h1-32H. The Hall–Kier alpha value is -7.88. The van der Waals surface area contributed by atoms with Gasteiger partial charge in [0.05, 0.1) is 11.4 Å². The number of para-hydroxylation sites is 1. The molecule has 0 aliphatic carbocycles. The zero-order valence-electron chi connectivity index (χ0n) is 31.8. The lowest BCUT2D eigenvalue weighted by Gasteiger charge is -2.17. The van der Waals surface area contributed by atoms with Crippen molar-refractivity contribution in [2.75, 3.05) is 0 Å². The van der Waals surface area contributed by atoms with Crippen LogP contribution in [0, 0.1) is 0 Å². The Morgan fingerprint density at radius 3 is 1.53 bits per heavy atom. The molecular formula is C56H32N2O. The van der Waals surface area contributed by atoms with Crippen LogP contribution in [-0.2, 0) is 0 Å². The lowest BCUT2D eigenvalue weighted by Crippen LogP contribution is -1.96. The summed E-state index contributed by atoms with van der Waals surface area (Å²) in [5.74, 6) is 0.691. The summed E-state index contributed by atoms with van der Waals surface area (Å²) in [4.78, 5) is 10.6. The van der Waals surface area contributed by atoms with E-state index in [1.165, 1.54) is 64.6 Å². The molecule has 0 atom stereocenters. The second kappa shape index (κ2) is 12.3. The number of fused-ring (bicyclic) bond motifs is 5. The smallest absolute Gasteiger partial charge is 0.160 e. The van der Waals surface area contributed by atoms with Crippen molar-refractivity contribution in [1.29, 1.82) is 0 Å². The summed E-state index contributed by atoms with van der Waals surface area (Å²) in [7, 11) is 0. The van der Waals surface area contributed by atoms with E-state index in [1.54, 1.807) is 0 Å². The van der Waals surface area contributed by atoms with Crippen molar-refractivity contribution in [2.24, 2.45) is 0 Å². The molecule has 2 heterocycles. The molecule has 0 saturated carbocycles. The van der Waals surface area contributed by atoms with Crippen LogP contribution >= 0.6 is 0 Å². The maximum absolute atomic E-state index is 6.28. The highest BCUT2D eigenvalue weighted by molar-refractivity contribution is 6.37. The molecule has 3 heteroatoms. The van der Waals surface area contributed by atoms with E-state index in [1.807, 2.05) is 30.3 Å². The van der Waals surface area contributed by atoms with E-state index in [0.29, 0.717) is 5.82 Å². The van der Waals surface area contributed by atoms with E-state index in [-0.39, 0.29) is 0 Å². The van der Waals surface area contributed by atoms with E-state index < -0.39 is 0 Å². The van der Waals surface area contributed by atoms with Crippen molar-refractivity contribution >= 4 is 86.6 Å². The first-order valence-electron chi connectivity index (χ1n) is 20.1. The van der Waals surface area contributed by atoms with Crippen LogP contribution in [0.1, 0.15) is 0 Å². The Bertz CT molecular complexity index is 3840. The highest BCUT2D eigenvalue weighted by Gasteiger charge is 2.18. The molecule has 0 aliphatic heterocycles. The predicted molar refractivity (Wildman–Crippen MR) is 247 cm³/mol. The van der Waals surface area contributed by atoms with Crippen LogP contribution in [0.5, 0.6) is 0 Å². The van der Waals surface area contributed by atoms with Gasteiger partial charge in [0.1, 0.15) is 11.2 Å². The van der Waals surface area contributed by atoms with E-state index in [0.717, 1.165) is 61.1 Å². The van der Waals surface area contributed by atoms with Crippen molar-refractivity contribution < 1.29 is 4.42 Å². The van der Waals surface area contributed by atoms with Crippen LogP contribution in [0.3, 0.4) is 0 Å². The van der Waals surface area contributed by atoms with E-state index in [9.17, 15) is 0 Å². The zero-order chi connectivity index (χ0) is 38.6. The molecule has 0 aliphatic rings. The van der Waals surface area contributed by atoms with Crippen molar-refractivity contribution in [1.82, 2.24) is 9.97 Å². The molecule has 59 heavy (non-hydrogen) atoms. The van der Waals surface area contributed by atoms with Gasteiger partial charge in [0.2, 0.25) is 0 Å². The quantitative estimate of drug-likeness (QED) is 0.168. The summed E-state index contributed by atoms with van der Waals surface area (Å²) >= 11 is 0. The van der Waals surface area contributed by atoms with Crippen LogP contribution in [0.2, 0.25) is 0 Å². The number of rotatable bonds is 4. The number of hydrogen-bond donors (Lipinski definition) is 0. The molecule has 0 bridgehead atoms. The van der Waals surface area contributed by atoms with Crippen LogP contribution in [0.15, 0.2) is 199 Å². The van der Waals surface area contributed by atoms with Gasteiger partial charge in [0.15, 0.2) is 5.82 Å². The van der Waals surface area contributed by atoms with Crippen molar-refractivity contribution in [3.05, 3.63) is 194 Å². The summed E-state index contributed by atoms with van der Waals surface area (Å²) in [6.45, 7) is 0. The predicted octanol–water partition coefficient (Wildman–Crippen LogP) is 15.4. The summed E-state index contributed by atoms with van der Waals surface area (Å²) in [6.07, 6.45) is 0. The first kappa shape index (κ1) is 32.2. The normalized spacial score (nSPS) is 12.1. The van der Waals surface area contributed by atoms with Gasteiger partial charge in [0, 0.05) is 27.5 Å². The molecule has 0 radical (unpaired) electrons. The Morgan fingerprint density at radius 2 is 0.797 bits per heavy atom. The maximum atomic E-state index is 6.28. The molecule has 0 fully saturated rings. The molecule has 13 aromatic rings. The number of hydrogen-bond acceptors (Lipinski definition) is 3. The van der Waals surface area contributed by atoms with E-state index >= 15 is 0 Å². The van der Waals surface area contributed by atoms with E-state index in [2.05, 4.69) is 164 Å². The largest absolute Gasteiger partial charge is 0.456 e. The maximum Gasteiger partial charge on any atom is 0.160 e. The minimum absolute atomic E-state index is 0.691. The van der Waals surface area contributed by atoms with Crippen molar-refractivity contribution in [3.8, 4) is 45.0 Å². The first-order valence-corrected chi connectivity index (χ1v) is 20.1. The number of nitrogens with zero attached hydrogens (tertiary/aromatic N) is 2. The summed E-state index contributed by atoms with van der Waals surface area (Å²) in [6, 6.07) is 69.9. The third kappa shape index (κ3) is 4.89. The van der Waals surface area contributed by atoms with Gasteiger partial charge in [-0.3, -0.25) is 0 Å². The molecule has 0 saturated heterocycles. The Kier molecular flexibility index (Phi) is 6.72. The van der Waals surface area contributed by atoms with Gasteiger partial charge in [-0.15, -0.1) is 0 Å². The first-order chi connectivity index (χ1) is 29.2. The molecule has 0 N–H and O–H groups in total. The van der Waals surface area contributed by atoms with Gasteiger partial charge in [0.25, 0.3) is 0 Å². The minimum Gasteiger partial charge on any atom is -0.456 e. The molecule has 0 spiro atoms. The average molecular weight is 749 g/mol. The Labute approximate surface area is 338 Å². The topological polar surface area (TPSA) is 38.9 Å². The molecule has 0 amide bonds. The zero-order valence-corrected chi connectivity index (χ0v) is 31.8. The van der Waals surface area contributed by atoms with Crippen LogP contribution in [-0.4, -0.2) is 9.97 Å². The highest BCUT2D eigenvalue weighted by Crippen LogP contribution is 2.45. The molecular weight excluding hydrogens is 717 g/mol. The third-order valence-electron chi connectivity index (χ3n) is 12.3. The number of aromatic nitrogens is 2. The van der Waals surface area contributed by atoms with Gasteiger partial charge in [-0.05, 0) is 118 Å². The van der Waals surface area contributed by atoms with Crippen LogP contribution in [0.4, 0.5) is 0 Å². The Balaban J connectivity index is 1.07. The molecule has 272 valence electrons. The van der Waals surface area contributed by atoms with Gasteiger partial charge in [-0.25, -0.2) is 9.97 Å². The lowest BCUT2D eigenvalue weighted by molar-refractivity contribution is 0.669. The van der Waals surface area contributed by atoms with Gasteiger partial charge >= 0.3 is 0 Å². The lowest BCUT2D eigenvalue weighted by atomic mass is 9.87. The fraction of sp³-hybridized carbons (Fsp3) is 0. The number of furan rings is 1. The van der Waals surface area contributed by atoms with Crippen LogP contribution < -0.4 is 0 Å². The molecule has 3 nitrogen and oxygen atoms in total. The molecule has 11 aromatic carbocycles. The summed E-state index contributed by atoms with van der Waals surface area (Å²) in [5, 5.41) is 17.3. The van der Waals surface area contributed by atoms with Crippen molar-refractivity contribution in [3.63, 3.8) is 0 Å². The highest BCUT2D eigenvalue weighted by atomic mass is 16.3. The second-order valence-corrected chi connectivity index (χ2v) is 15.7. The summed E-state index contributed by atoms with van der Waals surface area (Å²) < 4.78 is 6.28. The molecule has 13 rings (SSSR count).